The van der Waals surface area contributed by atoms with Gasteiger partial charge in [-0.25, -0.2) is 0 Å². The Morgan fingerprint density at radius 3 is 2.79 bits per heavy atom. The largest absolute Gasteiger partial charge is 0.381 e. The van der Waals surface area contributed by atoms with E-state index >= 15 is 0 Å². The molecule has 0 aliphatic heterocycles. The fourth-order valence-electron chi connectivity index (χ4n) is 0.999. The molecule has 0 spiro atoms. The van der Waals surface area contributed by atoms with Crippen molar-refractivity contribution < 1.29 is 4.74 Å². The van der Waals surface area contributed by atoms with Crippen LogP contribution in [-0.2, 0) is 4.74 Å². The lowest BCUT2D eigenvalue weighted by atomic mass is 10.1. The van der Waals surface area contributed by atoms with E-state index in [1.165, 1.54) is 0 Å². The molecule has 0 saturated heterocycles. The summed E-state index contributed by atoms with van der Waals surface area (Å²) >= 11 is 0. The second-order valence-electron chi connectivity index (χ2n) is 3.09. The predicted molar refractivity (Wildman–Crippen MR) is 57.6 cm³/mol. The molecule has 3 heteroatoms. The smallest absolute Gasteiger partial charge is 0.0649 e. The van der Waals surface area contributed by atoms with E-state index in [-0.39, 0.29) is 0 Å². The van der Waals surface area contributed by atoms with E-state index in [2.05, 4.69) is 6.07 Å². The Morgan fingerprint density at radius 1 is 1.57 bits per heavy atom. The van der Waals surface area contributed by atoms with E-state index < -0.39 is 0 Å². The summed E-state index contributed by atoms with van der Waals surface area (Å²) in [5.74, 6) is 0. The SMILES string of the molecule is COC/C=C(\C=C(\C)CN)CCC#N. The van der Waals surface area contributed by atoms with Crippen LogP contribution in [0.2, 0.25) is 0 Å². The fraction of sp³-hybridized carbons (Fsp3) is 0.545. The summed E-state index contributed by atoms with van der Waals surface area (Å²) in [7, 11) is 1.65. The molecule has 3 nitrogen and oxygen atoms in total. The highest BCUT2D eigenvalue weighted by molar-refractivity contribution is 5.24. The van der Waals surface area contributed by atoms with Gasteiger partial charge >= 0.3 is 0 Å². The molecule has 0 aliphatic rings. The molecule has 0 saturated carbocycles. The normalized spacial score (nSPS) is 12.7. The number of nitrogens with two attached hydrogens (primary N) is 1. The number of nitriles is 1. The Morgan fingerprint density at radius 2 is 2.29 bits per heavy atom. The number of nitrogens with zero attached hydrogens (tertiary/aromatic N) is 1. The quantitative estimate of drug-likeness (QED) is 0.655. The van der Waals surface area contributed by atoms with Crippen LogP contribution in [0, 0.1) is 11.3 Å². The van der Waals surface area contributed by atoms with E-state index in [9.17, 15) is 0 Å². The second kappa shape index (κ2) is 8.49. The standard InChI is InChI=1S/C11H18N2O/c1-10(9-13)8-11(4-3-6-12)5-7-14-2/h5,8H,3-4,7,9,13H2,1-2H3/b10-8-,11-5-. The Balaban J connectivity index is 4.32. The maximum Gasteiger partial charge on any atom is 0.0649 e. The minimum absolute atomic E-state index is 0.532. The molecule has 0 heterocycles. The van der Waals surface area contributed by atoms with Crippen molar-refractivity contribution in [3.63, 3.8) is 0 Å². The number of ether oxygens (including phenoxy) is 1. The topological polar surface area (TPSA) is 59.0 Å². The first-order valence-corrected chi connectivity index (χ1v) is 4.66. The maximum atomic E-state index is 8.48. The molecule has 0 rings (SSSR count). The number of hydrogen-bond acceptors (Lipinski definition) is 3. The Labute approximate surface area is 85.9 Å². The van der Waals surface area contributed by atoms with E-state index in [4.69, 9.17) is 15.7 Å². The lowest BCUT2D eigenvalue weighted by Crippen LogP contribution is -2.00. The van der Waals surface area contributed by atoms with Crippen molar-refractivity contribution in [3.8, 4) is 6.07 Å². The maximum absolute atomic E-state index is 8.48. The molecular weight excluding hydrogens is 176 g/mol. The van der Waals surface area contributed by atoms with E-state index in [0.29, 0.717) is 19.6 Å². The summed E-state index contributed by atoms with van der Waals surface area (Å²) < 4.78 is 4.95. The van der Waals surface area contributed by atoms with Gasteiger partial charge in [0, 0.05) is 20.1 Å². The summed E-state index contributed by atoms with van der Waals surface area (Å²) in [6.07, 6.45) is 5.30. The van der Waals surface area contributed by atoms with Gasteiger partial charge in [-0.1, -0.05) is 17.7 Å². The Bertz CT molecular complexity index is 249. The van der Waals surface area contributed by atoms with Gasteiger partial charge in [-0.05, 0) is 18.9 Å². The van der Waals surface area contributed by atoms with E-state index in [1.807, 2.05) is 19.1 Å². The summed E-state index contributed by atoms with van der Waals surface area (Å²) in [6, 6.07) is 2.12. The number of hydrogen-bond donors (Lipinski definition) is 1. The van der Waals surface area contributed by atoms with Crippen molar-refractivity contribution in [2.24, 2.45) is 5.73 Å². The van der Waals surface area contributed by atoms with Gasteiger partial charge in [0.15, 0.2) is 0 Å². The molecule has 0 aliphatic carbocycles. The van der Waals surface area contributed by atoms with E-state index in [0.717, 1.165) is 17.6 Å². The molecule has 0 aromatic rings. The van der Waals surface area contributed by atoms with Gasteiger partial charge in [-0.2, -0.15) is 5.26 Å². The second-order valence-corrected chi connectivity index (χ2v) is 3.09. The lowest BCUT2D eigenvalue weighted by molar-refractivity contribution is 0.233. The molecule has 0 bridgehead atoms. The van der Waals surface area contributed by atoms with Crippen LogP contribution in [0.3, 0.4) is 0 Å². The van der Waals surface area contributed by atoms with Gasteiger partial charge in [0.25, 0.3) is 0 Å². The molecule has 0 amide bonds. The van der Waals surface area contributed by atoms with Crippen LogP contribution in [-0.4, -0.2) is 20.3 Å². The first-order chi connectivity index (χ1) is 6.74. The molecular formula is C11H18N2O. The van der Waals surface area contributed by atoms with Crippen LogP contribution >= 0.6 is 0 Å². The first kappa shape index (κ1) is 12.9. The summed E-state index contributed by atoms with van der Waals surface area (Å²) in [5, 5.41) is 8.48. The zero-order valence-corrected chi connectivity index (χ0v) is 8.92. The van der Waals surface area contributed by atoms with Crippen LogP contribution in [0.1, 0.15) is 19.8 Å². The highest BCUT2D eigenvalue weighted by Crippen LogP contribution is 2.08. The Hall–Kier alpha value is -1.11. The average molecular weight is 194 g/mol. The molecule has 0 unspecified atom stereocenters. The average Bonchev–Trinajstić information content (AvgIpc) is 2.21. The minimum Gasteiger partial charge on any atom is -0.381 e. The molecule has 78 valence electrons. The molecule has 2 N–H and O–H groups in total. The van der Waals surface area contributed by atoms with Crippen molar-refractivity contribution >= 4 is 0 Å². The minimum atomic E-state index is 0.532. The van der Waals surface area contributed by atoms with Crippen LogP contribution in [0.15, 0.2) is 23.3 Å². The predicted octanol–water partition coefficient (Wildman–Crippen LogP) is 1.77. The van der Waals surface area contributed by atoms with Crippen molar-refractivity contribution in [2.45, 2.75) is 19.8 Å². The molecule has 0 atom stereocenters. The fourth-order valence-corrected chi connectivity index (χ4v) is 0.999. The van der Waals surface area contributed by atoms with Gasteiger partial charge in [0.2, 0.25) is 0 Å². The van der Waals surface area contributed by atoms with Crippen LogP contribution in [0.5, 0.6) is 0 Å². The number of rotatable bonds is 6. The highest BCUT2D eigenvalue weighted by atomic mass is 16.5. The van der Waals surface area contributed by atoms with Crippen LogP contribution < -0.4 is 5.73 Å². The van der Waals surface area contributed by atoms with Gasteiger partial charge < -0.3 is 10.5 Å². The van der Waals surface area contributed by atoms with Crippen LogP contribution in [0.4, 0.5) is 0 Å². The van der Waals surface area contributed by atoms with Crippen molar-refractivity contribution in [2.75, 3.05) is 20.3 Å². The highest BCUT2D eigenvalue weighted by Gasteiger charge is 1.94. The third kappa shape index (κ3) is 6.41. The zero-order valence-electron chi connectivity index (χ0n) is 8.92. The van der Waals surface area contributed by atoms with Crippen molar-refractivity contribution in [3.05, 3.63) is 23.3 Å². The molecule has 14 heavy (non-hydrogen) atoms. The first-order valence-electron chi connectivity index (χ1n) is 4.66. The summed E-state index contributed by atoms with van der Waals surface area (Å²) in [4.78, 5) is 0. The molecule has 0 radical (unpaired) electrons. The third-order valence-electron chi connectivity index (χ3n) is 1.79. The molecule has 0 aromatic carbocycles. The summed E-state index contributed by atoms with van der Waals surface area (Å²) in [6.45, 7) is 3.11. The number of methoxy groups -OCH3 is 1. The third-order valence-corrected chi connectivity index (χ3v) is 1.79. The lowest BCUT2D eigenvalue weighted by Gasteiger charge is -2.01. The van der Waals surface area contributed by atoms with E-state index in [1.54, 1.807) is 7.11 Å². The molecule has 0 fully saturated rings. The Kier molecular flexibility index (Phi) is 7.81. The van der Waals surface area contributed by atoms with Gasteiger partial charge in [0.1, 0.15) is 0 Å². The van der Waals surface area contributed by atoms with Gasteiger partial charge in [-0.3, -0.25) is 0 Å². The number of allylic oxidation sites excluding steroid dienone is 2. The zero-order chi connectivity index (χ0) is 10.8. The van der Waals surface area contributed by atoms with Crippen LogP contribution in [0.25, 0.3) is 0 Å². The summed E-state index contributed by atoms with van der Waals surface area (Å²) in [5.41, 5.74) is 7.72. The van der Waals surface area contributed by atoms with Gasteiger partial charge in [0.05, 0.1) is 12.7 Å². The molecule has 0 aromatic heterocycles. The van der Waals surface area contributed by atoms with Gasteiger partial charge in [-0.15, -0.1) is 0 Å². The van der Waals surface area contributed by atoms with Crippen molar-refractivity contribution in [1.82, 2.24) is 0 Å². The monoisotopic (exact) mass is 194 g/mol. The van der Waals surface area contributed by atoms with Crippen molar-refractivity contribution in [1.29, 1.82) is 5.26 Å².